The molecule has 9 heteroatoms. The number of carboxylic acid groups (broad SMARTS) is 1. The fourth-order valence-corrected chi connectivity index (χ4v) is 3.25. The van der Waals surface area contributed by atoms with Gasteiger partial charge in [0.15, 0.2) is 0 Å². The van der Waals surface area contributed by atoms with E-state index in [0.717, 1.165) is 4.90 Å². The van der Waals surface area contributed by atoms with Gasteiger partial charge in [-0.1, -0.05) is 6.92 Å². The van der Waals surface area contributed by atoms with Crippen LogP contribution >= 0.6 is 0 Å². The number of carboxylic acids is 1. The van der Waals surface area contributed by atoms with E-state index in [-0.39, 0.29) is 12.1 Å². The van der Waals surface area contributed by atoms with Crippen molar-refractivity contribution in [3.05, 3.63) is 24.3 Å². The Hall–Kier alpha value is -2.29. The van der Waals surface area contributed by atoms with Gasteiger partial charge in [-0.25, -0.2) is 8.42 Å². The highest BCUT2D eigenvalue weighted by atomic mass is 32.2. The Labute approximate surface area is 154 Å². The number of carbonyl (C=O) groups excluding carboxylic acids is 1. The predicted octanol–water partition coefficient (Wildman–Crippen LogP) is 1.93. The molecule has 0 fully saturated rings. The molecule has 146 valence electrons. The molecule has 0 aliphatic carbocycles. The molecule has 0 saturated carbocycles. The van der Waals surface area contributed by atoms with E-state index in [9.17, 15) is 18.0 Å². The van der Waals surface area contributed by atoms with E-state index in [4.69, 9.17) is 9.84 Å². The van der Waals surface area contributed by atoms with Crippen LogP contribution in [0.3, 0.4) is 0 Å². The molecular weight excluding hydrogens is 360 g/mol. The summed E-state index contributed by atoms with van der Waals surface area (Å²) >= 11 is 0. The van der Waals surface area contributed by atoms with E-state index >= 15 is 0 Å². The summed E-state index contributed by atoms with van der Waals surface area (Å²) in [6.45, 7) is 6.68. The van der Waals surface area contributed by atoms with Crippen molar-refractivity contribution < 1.29 is 27.9 Å². The third-order valence-electron chi connectivity index (χ3n) is 3.56. The smallest absolute Gasteiger partial charge is 0.323 e. The summed E-state index contributed by atoms with van der Waals surface area (Å²) < 4.78 is 32.3. The van der Waals surface area contributed by atoms with E-state index in [1.807, 2.05) is 13.8 Å². The van der Waals surface area contributed by atoms with E-state index < -0.39 is 34.2 Å². The minimum Gasteiger partial charge on any atom is -0.491 e. The minimum atomic E-state index is -3.97. The molecule has 1 aromatic carbocycles. The number of sulfonamides is 1. The van der Waals surface area contributed by atoms with Gasteiger partial charge in [0.2, 0.25) is 15.9 Å². The quantitative estimate of drug-likeness (QED) is 0.635. The van der Waals surface area contributed by atoms with Crippen LogP contribution in [0.4, 0.5) is 5.69 Å². The van der Waals surface area contributed by atoms with Crippen LogP contribution in [0.15, 0.2) is 24.3 Å². The minimum absolute atomic E-state index is 0.00376. The molecule has 26 heavy (non-hydrogen) atoms. The molecule has 1 amide bonds. The van der Waals surface area contributed by atoms with Crippen LogP contribution in [0.2, 0.25) is 0 Å². The Kier molecular flexibility index (Phi) is 7.88. The summed E-state index contributed by atoms with van der Waals surface area (Å²) in [5.41, 5.74) is 0.294. The number of hydrogen-bond acceptors (Lipinski definition) is 5. The lowest BCUT2D eigenvalue weighted by atomic mass is 10.2. The number of amides is 1. The Morgan fingerprint density at radius 2 is 1.77 bits per heavy atom. The second-order valence-corrected chi connectivity index (χ2v) is 7.95. The molecule has 1 rings (SSSR count). The maximum absolute atomic E-state index is 12.3. The number of rotatable bonds is 10. The molecule has 1 unspecified atom stereocenters. The zero-order valence-corrected chi connectivity index (χ0v) is 16.2. The van der Waals surface area contributed by atoms with Crippen LogP contribution in [0.1, 0.15) is 34.1 Å². The van der Waals surface area contributed by atoms with Crippen molar-refractivity contribution in [3.63, 3.8) is 0 Å². The molecule has 0 radical (unpaired) electrons. The molecule has 0 spiro atoms. The monoisotopic (exact) mass is 386 g/mol. The highest BCUT2D eigenvalue weighted by Crippen LogP contribution is 2.18. The molecule has 8 nitrogen and oxygen atoms in total. The largest absolute Gasteiger partial charge is 0.491 e. The molecule has 1 aromatic rings. The van der Waals surface area contributed by atoms with E-state index in [1.54, 1.807) is 26.0 Å². The van der Waals surface area contributed by atoms with Gasteiger partial charge in [0.25, 0.3) is 0 Å². The fourth-order valence-electron chi connectivity index (χ4n) is 2.19. The molecular formula is C17H26N2O6S. The van der Waals surface area contributed by atoms with Crippen LogP contribution in [0, 0.1) is 0 Å². The lowest BCUT2D eigenvalue weighted by molar-refractivity contribution is -0.144. The fraction of sp³-hybridized carbons (Fsp3) is 0.529. The highest BCUT2D eigenvalue weighted by molar-refractivity contribution is 7.93. The molecule has 0 saturated heterocycles. The Morgan fingerprint density at radius 3 is 2.23 bits per heavy atom. The van der Waals surface area contributed by atoms with Crippen molar-refractivity contribution in [2.45, 2.75) is 46.3 Å². The van der Waals surface area contributed by atoms with Crippen LogP contribution in [0.5, 0.6) is 5.75 Å². The number of carbonyl (C=O) groups is 2. The standard InChI is InChI=1S/C17H26N2O6S/c1-5-13(4)19(10-17(21)22)16(20)11-26(23,24)18-14-6-8-15(9-7-14)25-12(2)3/h6-9,12-13,18H,5,10-11H2,1-4H3,(H,21,22). The summed E-state index contributed by atoms with van der Waals surface area (Å²) in [5.74, 6) is -2.17. The van der Waals surface area contributed by atoms with Crippen LogP contribution < -0.4 is 9.46 Å². The Balaban J connectivity index is 2.80. The first-order valence-electron chi connectivity index (χ1n) is 8.32. The Bertz CT molecular complexity index is 715. The number of ether oxygens (including phenoxy) is 1. The number of nitrogens with zero attached hydrogens (tertiary/aromatic N) is 1. The number of hydrogen-bond donors (Lipinski definition) is 2. The summed E-state index contributed by atoms with van der Waals surface area (Å²) in [7, 11) is -3.97. The van der Waals surface area contributed by atoms with Gasteiger partial charge in [0.1, 0.15) is 18.0 Å². The Morgan fingerprint density at radius 1 is 1.19 bits per heavy atom. The second kappa shape index (κ2) is 9.42. The van der Waals surface area contributed by atoms with Gasteiger partial charge in [-0.05, 0) is 51.5 Å². The second-order valence-electron chi connectivity index (χ2n) is 6.22. The number of anilines is 1. The summed E-state index contributed by atoms with van der Waals surface area (Å²) in [5, 5.41) is 8.93. The zero-order valence-electron chi connectivity index (χ0n) is 15.4. The lowest BCUT2D eigenvalue weighted by Gasteiger charge is -2.26. The number of nitrogens with one attached hydrogen (secondary N) is 1. The molecule has 0 bridgehead atoms. The summed E-state index contributed by atoms with van der Waals surface area (Å²) in [6.07, 6.45) is 0.514. The molecule has 0 aliphatic rings. The van der Waals surface area contributed by atoms with Gasteiger partial charge in [0.05, 0.1) is 6.10 Å². The molecule has 0 heterocycles. The number of aliphatic carboxylic acids is 1. The van der Waals surface area contributed by atoms with Gasteiger partial charge in [-0.15, -0.1) is 0 Å². The van der Waals surface area contributed by atoms with Crippen molar-refractivity contribution >= 4 is 27.6 Å². The topological polar surface area (TPSA) is 113 Å². The number of benzene rings is 1. The van der Waals surface area contributed by atoms with E-state index in [0.29, 0.717) is 17.9 Å². The average Bonchev–Trinajstić information content (AvgIpc) is 2.52. The van der Waals surface area contributed by atoms with Gasteiger partial charge < -0.3 is 14.7 Å². The zero-order chi connectivity index (χ0) is 19.9. The normalized spacial score (nSPS) is 12.5. The van der Waals surface area contributed by atoms with Crippen LogP contribution in [-0.4, -0.2) is 54.7 Å². The third kappa shape index (κ3) is 7.30. The molecule has 1 atom stereocenters. The van der Waals surface area contributed by atoms with E-state index in [2.05, 4.69) is 4.72 Å². The first-order chi connectivity index (χ1) is 12.0. The first kappa shape index (κ1) is 21.8. The van der Waals surface area contributed by atoms with Gasteiger partial charge in [-0.2, -0.15) is 0 Å². The maximum atomic E-state index is 12.3. The van der Waals surface area contributed by atoms with Crippen molar-refractivity contribution in [3.8, 4) is 5.75 Å². The molecule has 0 aliphatic heterocycles. The van der Waals surface area contributed by atoms with Crippen molar-refractivity contribution in [2.75, 3.05) is 17.0 Å². The average molecular weight is 386 g/mol. The lowest BCUT2D eigenvalue weighted by Crippen LogP contribution is -2.45. The van der Waals surface area contributed by atoms with Gasteiger partial charge in [-0.3, -0.25) is 14.3 Å². The third-order valence-corrected chi connectivity index (χ3v) is 4.74. The van der Waals surface area contributed by atoms with Crippen LogP contribution in [-0.2, 0) is 19.6 Å². The van der Waals surface area contributed by atoms with Crippen LogP contribution in [0.25, 0.3) is 0 Å². The van der Waals surface area contributed by atoms with Crippen molar-refractivity contribution in [2.24, 2.45) is 0 Å². The maximum Gasteiger partial charge on any atom is 0.323 e. The van der Waals surface area contributed by atoms with Gasteiger partial charge in [0, 0.05) is 11.7 Å². The van der Waals surface area contributed by atoms with Crippen molar-refractivity contribution in [1.82, 2.24) is 4.90 Å². The van der Waals surface area contributed by atoms with Crippen molar-refractivity contribution in [1.29, 1.82) is 0 Å². The predicted molar refractivity (Wildman–Crippen MR) is 98.7 cm³/mol. The van der Waals surface area contributed by atoms with Gasteiger partial charge >= 0.3 is 5.97 Å². The molecule has 0 aromatic heterocycles. The highest BCUT2D eigenvalue weighted by Gasteiger charge is 2.26. The van der Waals surface area contributed by atoms with E-state index in [1.165, 1.54) is 12.1 Å². The first-order valence-corrected chi connectivity index (χ1v) is 9.97. The summed E-state index contributed by atoms with van der Waals surface area (Å²) in [6, 6.07) is 5.93. The SMILES string of the molecule is CCC(C)N(CC(=O)O)C(=O)CS(=O)(=O)Nc1ccc(OC(C)C)cc1. The summed E-state index contributed by atoms with van der Waals surface area (Å²) in [4.78, 5) is 24.3. The molecule has 2 N–H and O–H groups in total.